The number of sulfonamides is 1. The van der Waals surface area contributed by atoms with Gasteiger partial charge in [0.1, 0.15) is 0 Å². The second-order valence-electron chi connectivity index (χ2n) is 5.16. The third kappa shape index (κ3) is 3.36. The van der Waals surface area contributed by atoms with Crippen LogP contribution in [0.3, 0.4) is 0 Å². The third-order valence-electron chi connectivity index (χ3n) is 3.52. The topological polar surface area (TPSA) is 104 Å². The Morgan fingerprint density at radius 1 is 1.35 bits per heavy atom. The number of hydrogen-bond donors (Lipinski definition) is 3. The molecule has 1 aromatic rings. The van der Waals surface area contributed by atoms with E-state index in [0.717, 1.165) is 6.42 Å². The smallest absolute Gasteiger partial charge is 0.335 e. The van der Waals surface area contributed by atoms with Crippen molar-refractivity contribution in [1.29, 1.82) is 0 Å². The molecule has 0 radical (unpaired) electrons. The van der Waals surface area contributed by atoms with Gasteiger partial charge in [0.15, 0.2) is 0 Å². The molecule has 0 heterocycles. The van der Waals surface area contributed by atoms with Crippen LogP contribution in [-0.4, -0.2) is 36.7 Å². The molecule has 0 bridgehead atoms. The van der Waals surface area contributed by atoms with Crippen LogP contribution in [0, 0.1) is 0 Å². The van der Waals surface area contributed by atoms with Gasteiger partial charge in [0.2, 0.25) is 10.0 Å². The van der Waals surface area contributed by atoms with Crippen molar-refractivity contribution >= 4 is 16.0 Å². The third-order valence-corrected chi connectivity index (χ3v) is 4.97. The van der Waals surface area contributed by atoms with Gasteiger partial charge in [-0.05, 0) is 37.0 Å². The zero-order valence-electron chi connectivity index (χ0n) is 10.9. The molecule has 7 heteroatoms. The molecule has 6 nitrogen and oxygen atoms in total. The number of aliphatic hydroxyl groups excluding tert-OH is 1. The fourth-order valence-electron chi connectivity index (χ4n) is 2.28. The quantitative estimate of drug-likeness (QED) is 0.718. The summed E-state index contributed by atoms with van der Waals surface area (Å²) in [6, 6.07) is 5.83. The molecule has 0 amide bonds. The van der Waals surface area contributed by atoms with Crippen molar-refractivity contribution < 1.29 is 23.4 Å². The number of carbonyl (C=O) groups is 1. The van der Waals surface area contributed by atoms with Gasteiger partial charge >= 0.3 is 5.97 Å². The van der Waals surface area contributed by atoms with Gasteiger partial charge in [0.25, 0.3) is 0 Å². The lowest BCUT2D eigenvalue weighted by Crippen LogP contribution is -2.56. The highest BCUT2D eigenvalue weighted by atomic mass is 32.2. The van der Waals surface area contributed by atoms with E-state index in [2.05, 4.69) is 4.72 Å². The molecule has 20 heavy (non-hydrogen) atoms. The molecule has 0 aliphatic heterocycles. The van der Waals surface area contributed by atoms with Gasteiger partial charge in [0.05, 0.1) is 23.5 Å². The number of rotatable bonds is 6. The van der Waals surface area contributed by atoms with Crippen molar-refractivity contribution in [2.75, 3.05) is 6.61 Å². The van der Waals surface area contributed by atoms with Crippen molar-refractivity contribution in [2.24, 2.45) is 0 Å². The minimum absolute atomic E-state index is 0.0539. The predicted octanol–water partition coefficient (Wildman–Crippen LogP) is 0.719. The van der Waals surface area contributed by atoms with Crippen LogP contribution in [0.1, 0.15) is 35.2 Å². The van der Waals surface area contributed by atoms with Gasteiger partial charge in [-0.25, -0.2) is 17.9 Å². The van der Waals surface area contributed by atoms with E-state index in [9.17, 15) is 18.3 Å². The lowest BCUT2D eigenvalue weighted by atomic mass is 9.78. The van der Waals surface area contributed by atoms with Crippen LogP contribution in [0.2, 0.25) is 0 Å². The zero-order valence-corrected chi connectivity index (χ0v) is 11.7. The summed E-state index contributed by atoms with van der Waals surface area (Å²) in [7, 11) is -3.61. The molecular weight excluding hydrogens is 282 g/mol. The number of hydrogen-bond acceptors (Lipinski definition) is 4. The zero-order chi connectivity index (χ0) is 14.8. The average molecular weight is 299 g/mol. The number of benzene rings is 1. The average Bonchev–Trinajstić information content (AvgIpc) is 2.33. The second kappa shape index (κ2) is 5.51. The van der Waals surface area contributed by atoms with Crippen LogP contribution in [0.4, 0.5) is 0 Å². The SMILES string of the molecule is O=C(O)c1cccc(CS(=O)(=O)NC2(CO)CCC2)c1. The summed E-state index contributed by atoms with van der Waals surface area (Å²) in [4.78, 5) is 10.9. The first-order valence-corrected chi connectivity index (χ1v) is 7.96. The molecule has 2 rings (SSSR count). The van der Waals surface area contributed by atoms with Gasteiger partial charge in [-0.15, -0.1) is 0 Å². The van der Waals surface area contributed by atoms with E-state index in [4.69, 9.17) is 5.11 Å². The van der Waals surface area contributed by atoms with E-state index in [-0.39, 0.29) is 17.9 Å². The first-order valence-electron chi connectivity index (χ1n) is 6.31. The highest BCUT2D eigenvalue weighted by Gasteiger charge is 2.39. The van der Waals surface area contributed by atoms with E-state index in [1.165, 1.54) is 18.2 Å². The van der Waals surface area contributed by atoms with Gasteiger partial charge < -0.3 is 10.2 Å². The minimum atomic E-state index is -3.61. The van der Waals surface area contributed by atoms with E-state index < -0.39 is 21.5 Å². The Morgan fingerprint density at radius 3 is 2.55 bits per heavy atom. The molecule has 0 atom stereocenters. The number of carboxylic acid groups (broad SMARTS) is 1. The fraction of sp³-hybridized carbons (Fsp3) is 0.462. The first kappa shape index (κ1) is 15.0. The van der Waals surface area contributed by atoms with Crippen LogP contribution in [0.5, 0.6) is 0 Å². The molecule has 110 valence electrons. The van der Waals surface area contributed by atoms with Crippen LogP contribution >= 0.6 is 0 Å². The van der Waals surface area contributed by atoms with Crippen molar-refractivity contribution in [2.45, 2.75) is 30.6 Å². The summed E-state index contributed by atoms with van der Waals surface area (Å²) in [5.41, 5.74) is -0.272. The second-order valence-corrected chi connectivity index (χ2v) is 6.88. The normalized spacial score (nSPS) is 17.4. The molecular formula is C13H17NO5S. The molecule has 0 saturated heterocycles. The maximum absolute atomic E-state index is 12.1. The maximum atomic E-state index is 12.1. The standard InChI is InChI=1S/C13H17NO5S/c15-9-13(5-2-6-13)14-20(18,19)8-10-3-1-4-11(7-10)12(16)17/h1,3-4,7,14-15H,2,5-6,8-9H2,(H,16,17). The molecule has 0 unspecified atom stereocenters. The Morgan fingerprint density at radius 2 is 2.05 bits per heavy atom. The van der Waals surface area contributed by atoms with Crippen LogP contribution in [0.15, 0.2) is 24.3 Å². The molecule has 1 saturated carbocycles. The highest BCUT2D eigenvalue weighted by molar-refractivity contribution is 7.88. The van der Waals surface area contributed by atoms with Crippen molar-refractivity contribution in [3.05, 3.63) is 35.4 Å². The summed E-state index contributed by atoms with van der Waals surface area (Å²) < 4.78 is 26.7. The van der Waals surface area contributed by atoms with E-state index >= 15 is 0 Å². The summed E-state index contributed by atoms with van der Waals surface area (Å²) in [6.45, 7) is -0.221. The highest BCUT2D eigenvalue weighted by Crippen LogP contribution is 2.32. The Hall–Kier alpha value is -1.44. The van der Waals surface area contributed by atoms with Crippen molar-refractivity contribution in [3.63, 3.8) is 0 Å². The van der Waals surface area contributed by atoms with Crippen LogP contribution in [0.25, 0.3) is 0 Å². The van der Waals surface area contributed by atoms with Gasteiger partial charge in [-0.2, -0.15) is 0 Å². The molecule has 1 aliphatic rings. The van der Waals surface area contributed by atoms with Gasteiger partial charge in [0, 0.05) is 0 Å². The van der Waals surface area contributed by atoms with Crippen molar-refractivity contribution in [1.82, 2.24) is 4.72 Å². The van der Waals surface area contributed by atoms with Gasteiger partial charge in [-0.3, -0.25) is 0 Å². The van der Waals surface area contributed by atoms with Crippen LogP contribution < -0.4 is 4.72 Å². The fourth-order valence-corrected chi connectivity index (χ4v) is 3.89. The minimum Gasteiger partial charge on any atom is -0.478 e. The Kier molecular flexibility index (Phi) is 4.12. The summed E-state index contributed by atoms with van der Waals surface area (Å²) in [6.07, 6.45) is 2.13. The van der Waals surface area contributed by atoms with Crippen LogP contribution in [-0.2, 0) is 15.8 Å². The molecule has 1 aliphatic carbocycles. The Bertz CT molecular complexity index is 601. The molecule has 0 aromatic heterocycles. The molecule has 3 N–H and O–H groups in total. The lowest BCUT2D eigenvalue weighted by molar-refractivity contribution is 0.0696. The number of aliphatic hydroxyl groups is 1. The maximum Gasteiger partial charge on any atom is 0.335 e. The summed E-state index contributed by atoms with van der Waals surface area (Å²) in [5, 5.41) is 18.2. The van der Waals surface area contributed by atoms with E-state index in [1.54, 1.807) is 6.07 Å². The molecule has 0 spiro atoms. The number of carboxylic acids is 1. The van der Waals surface area contributed by atoms with Crippen molar-refractivity contribution in [3.8, 4) is 0 Å². The first-order chi connectivity index (χ1) is 9.36. The predicted molar refractivity (Wildman–Crippen MR) is 72.8 cm³/mol. The van der Waals surface area contributed by atoms with E-state index in [1.807, 2.05) is 0 Å². The molecule has 1 fully saturated rings. The number of aromatic carboxylic acids is 1. The Labute approximate surface area is 117 Å². The summed E-state index contributed by atoms with van der Waals surface area (Å²) >= 11 is 0. The summed E-state index contributed by atoms with van der Waals surface area (Å²) in [5.74, 6) is -1.39. The largest absolute Gasteiger partial charge is 0.478 e. The van der Waals surface area contributed by atoms with Gasteiger partial charge in [-0.1, -0.05) is 12.1 Å². The lowest BCUT2D eigenvalue weighted by Gasteiger charge is -2.40. The number of nitrogens with one attached hydrogen (secondary N) is 1. The van der Waals surface area contributed by atoms with E-state index in [0.29, 0.717) is 18.4 Å². The molecule has 1 aromatic carbocycles. The Balaban J connectivity index is 2.12. The monoisotopic (exact) mass is 299 g/mol.